The second-order valence-corrected chi connectivity index (χ2v) is 10.3. The second kappa shape index (κ2) is 10.3. The number of aliphatic hydroxyl groups is 1. The Balaban J connectivity index is 1.50. The van der Waals surface area contributed by atoms with Crippen LogP contribution < -0.4 is 14.4 Å². The third-order valence-electron chi connectivity index (χ3n) is 5.77. The van der Waals surface area contributed by atoms with E-state index in [2.05, 4.69) is 30.9 Å². The van der Waals surface area contributed by atoms with Crippen LogP contribution in [0, 0.1) is 0 Å². The Morgan fingerprint density at radius 2 is 1.54 bits per heavy atom. The fraction of sp³-hybridized carbons (Fsp3) is 0.280. The minimum Gasteiger partial charge on any atom is -0.406 e. The van der Waals surface area contributed by atoms with Crippen molar-refractivity contribution in [1.82, 2.24) is 4.72 Å². The van der Waals surface area contributed by atoms with E-state index in [0.717, 1.165) is 36.3 Å². The zero-order valence-electron chi connectivity index (χ0n) is 19.0. The third kappa shape index (κ3) is 5.95. The summed E-state index contributed by atoms with van der Waals surface area (Å²) < 4.78 is 61.2. The van der Waals surface area contributed by atoms with Crippen molar-refractivity contribution >= 4 is 21.3 Å². The molecule has 10 heteroatoms. The maximum absolute atomic E-state index is 13.3. The molecule has 0 saturated heterocycles. The predicted octanol–water partition coefficient (Wildman–Crippen LogP) is 4.84. The van der Waals surface area contributed by atoms with Crippen LogP contribution in [0.2, 0.25) is 0 Å². The van der Waals surface area contributed by atoms with Crippen LogP contribution in [0.4, 0.5) is 24.5 Å². The predicted molar refractivity (Wildman–Crippen MR) is 129 cm³/mol. The molecule has 0 aromatic heterocycles. The first-order valence-electron chi connectivity index (χ1n) is 11.1. The van der Waals surface area contributed by atoms with Crippen molar-refractivity contribution in [1.29, 1.82) is 0 Å². The van der Waals surface area contributed by atoms with Gasteiger partial charge in [-0.15, -0.1) is 13.2 Å². The quantitative estimate of drug-likeness (QED) is 0.482. The normalized spacial score (nSPS) is 15.9. The number of fused-ring (bicyclic) bond motifs is 2. The van der Waals surface area contributed by atoms with Gasteiger partial charge >= 0.3 is 6.36 Å². The first-order valence-corrected chi connectivity index (χ1v) is 12.6. The highest BCUT2D eigenvalue weighted by atomic mass is 32.2. The molecule has 3 aromatic carbocycles. The zero-order chi connectivity index (χ0) is 25.1. The van der Waals surface area contributed by atoms with Crippen molar-refractivity contribution in [2.75, 3.05) is 25.0 Å². The highest BCUT2D eigenvalue weighted by Crippen LogP contribution is 2.36. The molecule has 0 radical (unpaired) electrons. The number of benzene rings is 3. The van der Waals surface area contributed by atoms with Crippen molar-refractivity contribution in [2.45, 2.75) is 30.2 Å². The summed E-state index contributed by atoms with van der Waals surface area (Å²) in [5.41, 5.74) is 4.38. The monoisotopic (exact) mass is 505 g/mol. The summed E-state index contributed by atoms with van der Waals surface area (Å²) in [6.07, 6.45) is -3.96. The number of para-hydroxylation sites is 2. The molecule has 0 amide bonds. The van der Waals surface area contributed by atoms with Crippen LogP contribution in [0.3, 0.4) is 0 Å². The molecule has 1 heterocycles. The summed E-state index contributed by atoms with van der Waals surface area (Å²) in [6.45, 7) is 0.205. The Labute approximate surface area is 202 Å². The highest BCUT2D eigenvalue weighted by molar-refractivity contribution is 7.91. The van der Waals surface area contributed by atoms with Gasteiger partial charge in [-0.25, -0.2) is 13.3 Å². The fourth-order valence-electron chi connectivity index (χ4n) is 4.13. The molecule has 6 nitrogen and oxygen atoms in total. The van der Waals surface area contributed by atoms with Gasteiger partial charge in [0, 0.05) is 25.0 Å². The Hall–Kier alpha value is -3.08. The smallest absolute Gasteiger partial charge is 0.406 e. The number of aliphatic hydroxyl groups excluding tert-OH is 1. The maximum atomic E-state index is 13.3. The number of hydrogen-bond donors (Lipinski definition) is 2. The van der Waals surface area contributed by atoms with Gasteiger partial charge in [-0.1, -0.05) is 36.4 Å². The molecule has 1 aliphatic rings. The van der Waals surface area contributed by atoms with Gasteiger partial charge < -0.3 is 14.7 Å². The van der Waals surface area contributed by atoms with Gasteiger partial charge in [-0.05, 0) is 60.4 Å². The molecular formula is C25H26F3N3O3S. The van der Waals surface area contributed by atoms with Gasteiger partial charge in [-0.2, -0.15) is 0 Å². The highest BCUT2D eigenvalue weighted by Gasteiger charge is 2.31. The standard InChI is InChI=1S/C25H26F3N3O3S/c1-29-35(33,22-14-12-21(13-15-22)34-25(26,27)28)30-16-20(32)17-31-23-8-4-2-6-18(23)10-11-19-7-3-5-9-24(19)31/h2-9,12-15,20,32H,10-11,16-17H2,1H3,(H,29,30,33)/t20-,35?/m0/s1. The molecule has 0 saturated carbocycles. The molecule has 1 unspecified atom stereocenters. The number of halogens is 3. The maximum Gasteiger partial charge on any atom is 0.573 e. The fourth-order valence-corrected chi connectivity index (χ4v) is 5.56. The number of nitrogens with one attached hydrogen (secondary N) is 1. The largest absolute Gasteiger partial charge is 0.573 e. The first kappa shape index (κ1) is 25.0. The van der Waals surface area contributed by atoms with E-state index in [9.17, 15) is 22.5 Å². The van der Waals surface area contributed by atoms with Crippen LogP contribution in [-0.2, 0) is 22.8 Å². The number of alkyl halides is 3. The molecule has 35 heavy (non-hydrogen) atoms. The summed E-state index contributed by atoms with van der Waals surface area (Å²) >= 11 is 0. The number of hydrogen-bond acceptors (Lipinski definition) is 5. The number of aryl methyl sites for hydroxylation is 2. The van der Waals surface area contributed by atoms with Crippen molar-refractivity contribution < 1.29 is 27.2 Å². The summed E-state index contributed by atoms with van der Waals surface area (Å²) in [5.74, 6) is -0.419. The Morgan fingerprint density at radius 3 is 2.06 bits per heavy atom. The first-order chi connectivity index (χ1) is 16.7. The Bertz CT molecular complexity index is 1240. The molecular weight excluding hydrogens is 479 g/mol. The van der Waals surface area contributed by atoms with Crippen LogP contribution in [0.15, 0.2) is 82.1 Å². The molecule has 2 N–H and O–H groups in total. The van der Waals surface area contributed by atoms with Crippen molar-refractivity contribution in [3.8, 4) is 5.75 Å². The average Bonchev–Trinajstić information content (AvgIpc) is 2.99. The molecule has 0 aliphatic carbocycles. The van der Waals surface area contributed by atoms with Gasteiger partial charge in [0.15, 0.2) is 0 Å². The van der Waals surface area contributed by atoms with Crippen molar-refractivity contribution in [2.24, 2.45) is 4.36 Å². The number of anilines is 2. The molecule has 3 aromatic rings. The lowest BCUT2D eigenvalue weighted by Crippen LogP contribution is -2.38. The summed E-state index contributed by atoms with van der Waals surface area (Å²) in [4.78, 5) is 2.25. The lowest BCUT2D eigenvalue weighted by molar-refractivity contribution is -0.274. The number of ether oxygens (including phenoxy) is 1. The summed E-state index contributed by atoms with van der Waals surface area (Å²) in [7, 11) is -1.82. The molecule has 0 fully saturated rings. The van der Waals surface area contributed by atoms with E-state index in [-0.39, 0.29) is 18.0 Å². The van der Waals surface area contributed by atoms with Crippen molar-refractivity contribution in [3.63, 3.8) is 0 Å². The molecule has 186 valence electrons. The minimum atomic E-state index is -4.81. The van der Waals surface area contributed by atoms with Crippen LogP contribution in [-0.4, -0.2) is 41.9 Å². The average molecular weight is 506 g/mol. The topological polar surface area (TPSA) is 74.2 Å². The minimum absolute atomic E-state index is 0.0438. The van der Waals surface area contributed by atoms with E-state index in [1.54, 1.807) is 0 Å². The molecule has 0 spiro atoms. The van der Waals surface area contributed by atoms with Crippen LogP contribution in [0.25, 0.3) is 0 Å². The van der Waals surface area contributed by atoms with Gasteiger partial charge in [0.25, 0.3) is 0 Å². The van der Waals surface area contributed by atoms with E-state index >= 15 is 0 Å². The number of nitrogens with zero attached hydrogens (tertiary/aromatic N) is 2. The summed E-state index contributed by atoms with van der Waals surface area (Å²) in [5, 5.41) is 10.9. The van der Waals surface area contributed by atoms with Crippen LogP contribution in [0.1, 0.15) is 11.1 Å². The lowest BCUT2D eigenvalue weighted by atomic mass is 10.0. The molecule has 1 aliphatic heterocycles. The van der Waals surface area contributed by atoms with E-state index in [4.69, 9.17) is 0 Å². The van der Waals surface area contributed by atoms with E-state index in [0.29, 0.717) is 0 Å². The third-order valence-corrected chi connectivity index (χ3v) is 7.75. The van der Waals surface area contributed by atoms with Gasteiger partial charge in [0.1, 0.15) is 15.7 Å². The van der Waals surface area contributed by atoms with E-state index in [1.807, 2.05) is 36.4 Å². The Kier molecular flexibility index (Phi) is 7.34. The van der Waals surface area contributed by atoms with Crippen molar-refractivity contribution in [3.05, 3.63) is 83.9 Å². The van der Waals surface area contributed by atoms with Gasteiger partial charge in [-0.3, -0.25) is 0 Å². The number of rotatable bonds is 7. The molecule has 2 atom stereocenters. The van der Waals surface area contributed by atoms with Gasteiger partial charge in [0.2, 0.25) is 0 Å². The molecule has 4 rings (SSSR count). The number of β-amino-alcohol motifs (C(OH)–C–C–N with tert-alkyl or cyclic N) is 1. The van der Waals surface area contributed by atoms with Crippen LogP contribution in [0.5, 0.6) is 5.75 Å². The second-order valence-electron chi connectivity index (χ2n) is 8.10. The lowest BCUT2D eigenvalue weighted by Gasteiger charge is -2.29. The van der Waals surface area contributed by atoms with E-state index in [1.165, 1.54) is 30.3 Å². The SMILES string of the molecule is CN=S(=O)(NC[C@H](O)CN1c2ccccc2CCc2ccccc21)c1ccc(OC(F)(F)F)cc1. The zero-order valence-corrected chi connectivity index (χ0v) is 19.9. The van der Waals surface area contributed by atoms with E-state index < -0.39 is 28.1 Å². The molecule has 0 bridgehead atoms. The van der Waals surface area contributed by atoms with Gasteiger partial charge in [0.05, 0.1) is 17.5 Å². The van der Waals surface area contributed by atoms with Crippen LogP contribution >= 0.6 is 0 Å². The summed E-state index contributed by atoms with van der Waals surface area (Å²) in [6, 6.07) is 20.8. The Morgan fingerprint density at radius 1 is 1.00 bits per heavy atom.